The lowest BCUT2D eigenvalue weighted by atomic mass is 10.2. The van der Waals surface area contributed by atoms with Crippen LogP contribution in [0.4, 0.5) is 4.79 Å². The summed E-state index contributed by atoms with van der Waals surface area (Å²) in [6.07, 6.45) is 0.608. The Morgan fingerprint density at radius 1 is 1.27 bits per heavy atom. The molecule has 0 spiro atoms. The van der Waals surface area contributed by atoms with Crippen molar-refractivity contribution in [2.24, 2.45) is 0 Å². The third kappa shape index (κ3) is 2.62. The topological polar surface area (TPSA) is 38.8 Å². The van der Waals surface area contributed by atoms with Gasteiger partial charge in [0.15, 0.2) is 5.75 Å². The molecule has 1 aromatic carbocycles. The SMILES string of the molecule is O=C(OOc1ccc(Br)cc1)N1CCC1. The zero-order valence-electron chi connectivity index (χ0n) is 7.98. The van der Waals surface area contributed by atoms with Crippen molar-refractivity contribution in [2.75, 3.05) is 13.1 Å². The second kappa shape index (κ2) is 4.53. The summed E-state index contributed by atoms with van der Waals surface area (Å²) in [5, 5.41) is 0. The molecule has 0 aliphatic carbocycles. The number of rotatable bonds is 2. The number of halogens is 1. The van der Waals surface area contributed by atoms with Crippen molar-refractivity contribution < 1.29 is 14.6 Å². The van der Waals surface area contributed by atoms with Gasteiger partial charge in [0.2, 0.25) is 0 Å². The summed E-state index contributed by atoms with van der Waals surface area (Å²) >= 11 is 3.30. The lowest BCUT2D eigenvalue weighted by molar-refractivity contribution is -0.157. The van der Waals surface area contributed by atoms with E-state index in [2.05, 4.69) is 20.8 Å². The van der Waals surface area contributed by atoms with Crippen LogP contribution in [0.3, 0.4) is 0 Å². The van der Waals surface area contributed by atoms with Crippen LogP contribution in [0.5, 0.6) is 5.75 Å². The molecule has 0 radical (unpaired) electrons. The fourth-order valence-electron chi connectivity index (χ4n) is 1.13. The van der Waals surface area contributed by atoms with E-state index in [-0.39, 0.29) is 0 Å². The van der Waals surface area contributed by atoms with Crippen LogP contribution in [-0.4, -0.2) is 24.1 Å². The van der Waals surface area contributed by atoms with Gasteiger partial charge in [-0.1, -0.05) is 15.9 Å². The van der Waals surface area contributed by atoms with Crippen molar-refractivity contribution in [1.82, 2.24) is 4.90 Å². The fourth-order valence-corrected chi connectivity index (χ4v) is 1.39. The van der Waals surface area contributed by atoms with Gasteiger partial charge < -0.3 is 4.90 Å². The Balaban J connectivity index is 1.82. The molecule has 1 fully saturated rings. The molecule has 1 aliphatic heterocycles. The van der Waals surface area contributed by atoms with Gasteiger partial charge in [-0.05, 0) is 30.7 Å². The van der Waals surface area contributed by atoms with E-state index in [0.717, 1.165) is 24.0 Å². The molecule has 0 aromatic heterocycles. The van der Waals surface area contributed by atoms with E-state index in [1.807, 2.05) is 12.1 Å². The third-order valence-corrected chi connectivity index (χ3v) is 2.67. The molecule has 80 valence electrons. The van der Waals surface area contributed by atoms with Gasteiger partial charge in [0, 0.05) is 17.6 Å². The van der Waals surface area contributed by atoms with Crippen molar-refractivity contribution in [3.05, 3.63) is 28.7 Å². The number of benzene rings is 1. The molecular weight excluding hydrogens is 262 g/mol. The van der Waals surface area contributed by atoms with E-state index in [4.69, 9.17) is 4.89 Å². The number of hydrogen-bond donors (Lipinski definition) is 0. The Labute approximate surface area is 95.8 Å². The average Bonchev–Trinajstić information content (AvgIpc) is 2.14. The van der Waals surface area contributed by atoms with E-state index in [9.17, 15) is 4.79 Å². The quantitative estimate of drug-likeness (QED) is 0.613. The zero-order valence-corrected chi connectivity index (χ0v) is 9.57. The van der Waals surface area contributed by atoms with Crippen molar-refractivity contribution in [3.63, 3.8) is 0 Å². The molecular formula is C10H10BrNO3. The summed E-state index contributed by atoms with van der Waals surface area (Å²) < 4.78 is 0.948. The highest BCUT2D eigenvalue weighted by molar-refractivity contribution is 9.10. The Morgan fingerprint density at radius 2 is 1.93 bits per heavy atom. The molecule has 4 nitrogen and oxygen atoms in total. The molecule has 0 saturated carbocycles. The van der Waals surface area contributed by atoms with Gasteiger partial charge in [-0.25, -0.2) is 9.68 Å². The normalized spacial score (nSPS) is 14.3. The van der Waals surface area contributed by atoms with Crippen molar-refractivity contribution in [2.45, 2.75) is 6.42 Å². The Hall–Kier alpha value is -1.23. The second-order valence-corrected chi connectivity index (χ2v) is 4.14. The maximum absolute atomic E-state index is 11.2. The van der Waals surface area contributed by atoms with Gasteiger partial charge in [-0.15, -0.1) is 0 Å². The van der Waals surface area contributed by atoms with E-state index >= 15 is 0 Å². The van der Waals surface area contributed by atoms with Gasteiger partial charge in [0.25, 0.3) is 0 Å². The predicted molar refractivity (Wildman–Crippen MR) is 57.4 cm³/mol. The molecule has 0 N–H and O–H groups in total. The number of likely N-dealkylation sites (tertiary alicyclic amines) is 1. The predicted octanol–water partition coefficient (Wildman–Crippen LogP) is 2.59. The summed E-state index contributed by atoms with van der Waals surface area (Å²) in [6.45, 7) is 1.51. The Morgan fingerprint density at radius 3 is 2.47 bits per heavy atom. The first-order valence-electron chi connectivity index (χ1n) is 4.65. The number of carbonyl (C=O) groups excluding carboxylic acids is 1. The van der Waals surface area contributed by atoms with Gasteiger partial charge >= 0.3 is 6.09 Å². The molecule has 0 bridgehead atoms. The number of amides is 1. The minimum atomic E-state index is -0.427. The van der Waals surface area contributed by atoms with E-state index < -0.39 is 6.09 Å². The summed E-state index contributed by atoms with van der Waals surface area (Å²) in [5.41, 5.74) is 0. The van der Waals surface area contributed by atoms with Crippen LogP contribution in [0, 0.1) is 0 Å². The summed E-state index contributed by atoms with van der Waals surface area (Å²) in [4.78, 5) is 22.3. The highest BCUT2D eigenvalue weighted by Crippen LogP contribution is 2.17. The fraction of sp³-hybridized carbons (Fsp3) is 0.300. The molecule has 1 aromatic rings. The maximum atomic E-state index is 11.2. The van der Waals surface area contributed by atoms with Gasteiger partial charge in [-0.3, -0.25) is 4.89 Å². The number of nitrogens with zero attached hydrogens (tertiary/aromatic N) is 1. The minimum Gasteiger partial charge on any atom is -0.305 e. The summed E-state index contributed by atoms with van der Waals surface area (Å²) in [6, 6.07) is 7.06. The first kappa shape index (κ1) is 10.3. The maximum Gasteiger partial charge on any atom is 0.452 e. The van der Waals surface area contributed by atoms with Crippen LogP contribution in [-0.2, 0) is 4.89 Å². The third-order valence-electron chi connectivity index (χ3n) is 2.14. The van der Waals surface area contributed by atoms with Crippen LogP contribution in [0.15, 0.2) is 28.7 Å². The lowest BCUT2D eigenvalue weighted by Crippen LogP contribution is -2.42. The van der Waals surface area contributed by atoms with Gasteiger partial charge in [0.1, 0.15) is 0 Å². The molecule has 2 rings (SSSR count). The molecule has 1 heterocycles. The summed E-state index contributed by atoms with van der Waals surface area (Å²) in [5.74, 6) is 0.507. The first-order valence-corrected chi connectivity index (χ1v) is 5.44. The van der Waals surface area contributed by atoms with Crippen LogP contribution in [0.2, 0.25) is 0 Å². The standard InChI is InChI=1S/C10H10BrNO3/c11-8-2-4-9(5-3-8)14-15-10(13)12-6-1-7-12/h2-5H,1,6-7H2. The monoisotopic (exact) mass is 271 g/mol. The molecule has 1 saturated heterocycles. The molecule has 0 unspecified atom stereocenters. The van der Waals surface area contributed by atoms with Crippen molar-refractivity contribution >= 4 is 22.0 Å². The Bertz CT molecular complexity index is 348. The lowest BCUT2D eigenvalue weighted by Gasteiger charge is -2.28. The molecule has 0 atom stereocenters. The molecule has 15 heavy (non-hydrogen) atoms. The van der Waals surface area contributed by atoms with E-state index in [0.29, 0.717) is 5.75 Å². The number of carbonyl (C=O) groups is 1. The van der Waals surface area contributed by atoms with Crippen LogP contribution in [0.25, 0.3) is 0 Å². The summed E-state index contributed by atoms with van der Waals surface area (Å²) in [7, 11) is 0. The van der Waals surface area contributed by atoms with Gasteiger partial charge in [-0.2, -0.15) is 0 Å². The Kier molecular flexibility index (Phi) is 3.11. The molecule has 1 aliphatic rings. The van der Waals surface area contributed by atoms with Crippen molar-refractivity contribution in [3.8, 4) is 5.75 Å². The van der Waals surface area contributed by atoms with Crippen molar-refractivity contribution in [1.29, 1.82) is 0 Å². The van der Waals surface area contributed by atoms with Crippen LogP contribution < -0.4 is 4.89 Å². The highest BCUT2D eigenvalue weighted by atomic mass is 79.9. The van der Waals surface area contributed by atoms with Crippen LogP contribution >= 0.6 is 15.9 Å². The number of hydrogen-bond acceptors (Lipinski definition) is 3. The van der Waals surface area contributed by atoms with Crippen LogP contribution in [0.1, 0.15) is 6.42 Å². The minimum absolute atomic E-state index is 0.427. The zero-order chi connectivity index (χ0) is 10.7. The molecule has 5 heteroatoms. The van der Waals surface area contributed by atoms with E-state index in [1.165, 1.54) is 0 Å². The smallest absolute Gasteiger partial charge is 0.305 e. The first-order chi connectivity index (χ1) is 7.25. The second-order valence-electron chi connectivity index (χ2n) is 3.23. The largest absolute Gasteiger partial charge is 0.452 e. The van der Waals surface area contributed by atoms with E-state index in [1.54, 1.807) is 17.0 Å². The van der Waals surface area contributed by atoms with Gasteiger partial charge in [0.05, 0.1) is 0 Å². The average molecular weight is 272 g/mol. The highest BCUT2D eigenvalue weighted by Gasteiger charge is 2.22. The molecule has 1 amide bonds.